The van der Waals surface area contributed by atoms with Gasteiger partial charge in [0, 0.05) is 36.6 Å². The number of rotatable bonds is 3. The predicted molar refractivity (Wildman–Crippen MR) is 86.1 cm³/mol. The van der Waals surface area contributed by atoms with Crippen LogP contribution in [0.3, 0.4) is 0 Å². The maximum atomic E-state index is 12.8. The van der Waals surface area contributed by atoms with Gasteiger partial charge < -0.3 is 14.6 Å². The van der Waals surface area contributed by atoms with E-state index >= 15 is 0 Å². The normalized spacial score (nSPS) is 15.0. The van der Waals surface area contributed by atoms with Crippen molar-refractivity contribution >= 4 is 28.5 Å². The molecule has 126 valence electrons. The molecule has 1 aromatic heterocycles. The van der Waals surface area contributed by atoms with Crippen molar-refractivity contribution in [3.8, 4) is 0 Å². The lowest BCUT2D eigenvalue weighted by Gasteiger charge is -2.21. The number of aliphatic carboxylic acids is 1. The number of nitro benzene ring substituents is 1. The fourth-order valence-corrected chi connectivity index (χ4v) is 3.26. The van der Waals surface area contributed by atoms with Crippen LogP contribution in [0.1, 0.15) is 28.9 Å². The van der Waals surface area contributed by atoms with Gasteiger partial charge in [0.1, 0.15) is 12.2 Å². The van der Waals surface area contributed by atoms with Crippen LogP contribution in [0.4, 0.5) is 5.69 Å². The van der Waals surface area contributed by atoms with E-state index in [2.05, 4.69) is 0 Å². The van der Waals surface area contributed by atoms with E-state index in [1.807, 2.05) is 0 Å². The van der Waals surface area contributed by atoms with Gasteiger partial charge >= 0.3 is 5.97 Å². The fourth-order valence-electron chi connectivity index (χ4n) is 3.26. The van der Waals surface area contributed by atoms with Gasteiger partial charge in [0.2, 0.25) is 0 Å². The van der Waals surface area contributed by atoms with Crippen LogP contribution in [0.2, 0.25) is 0 Å². The van der Waals surface area contributed by atoms with Crippen molar-refractivity contribution < 1.29 is 19.6 Å². The number of nitro groups is 1. The number of fused-ring (bicyclic) bond motifs is 3. The lowest BCUT2D eigenvalue weighted by atomic mass is 10.0. The third-order valence-electron chi connectivity index (χ3n) is 4.38. The molecule has 0 bridgehead atoms. The Labute approximate surface area is 137 Å². The van der Waals surface area contributed by atoms with E-state index in [0.717, 1.165) is 12.8 Å². The maximum absolute atomic E-state index is 12.8. The van der Waals surface area contributed by atoms with Gasteiger partial charge in [-0.15, -0.1) is 0 Å². The summed E-state index contributed by atoms with van der Waals surface area (Å²) in [6, 6.07) is 4.29. The zero-order valence-electron chi connectivity index (χ0n) is 13.2. The van der Waals surface area contributed by atoms with Crippen molar-refractivity contribution in [3.63, 3.8) is 0 Å². The molecule has 1 N–H and O–H groups in total. The number of nitrogens with zero attached hydrogens (tertiary/aromatic N) is 3. The minimum atomic E-state index is -1.06. The van der Waals surface area contributed by atoms with Crippen LogP contribution in [0.25, 0.3) is 10.9 Å². The summed E-state index contributed by atoms with van der Waals surface area (Å²) >= 11 is 0. The molecule has 0 unspecified atom stereocenters. The third kappa shape index (κ3) is 2.60. The second kappa shape index (κ2) is 5.95. The zero-order chi connectivity index (χ0) is 17.4. The van der Waals surface area contributed by atoms with Gasteiger partial charge in [-0.05, 0) is 30.9 Å². The van der Waals surface area contributed by atoms with Gasteiger partial charge in [-0.25, -0.2) is 0 Å². The molecule has 24 heavy (non-hydrogen) atoms. The molecule has 0 saturated carbocycles. The Morgan fingerprint density at radius 2 is 2.12 bits per heavy atom. The van der Waals surface area contributed by atoms with Crippen molar-refractivity contribution in [1.82, 2.24) is 9.47 Å². The topological polar surface area (TPSA) is 106 Å². The van der Waals surface area contributed by atoms with Crippen LogP contribution in [-0.4, -0.2) is 45.0 Å². The number of carboxylic acids is 1. The Morgan fingerprint density at radius 1 is 1.38 bits per heavy atom. The number of carboxylic acid groups (broad SMARTS) is 1. The van der Waals surface area contributed by atoms with Crippen molar-refractivity contribution in [2.75, 3.05) is 13.6 Å². The number of non-ortho nitro benzene ring substituents is 1. The first kappa shape index (κ1) is 16.0. The van der Waals surface area contributed by atoms with E-state index in [1.54, 1.807) is 11.9 Å². The average Bonchev–Trinajstić information content (AvgIpc) is 2.81. The molecule has 1 aliphatic rings. The molecule has 0 radical (unpaired) electrons. The molecule has 1 aromatic carbocycles. The van der Waals surface area contributed by atoms with Crippen molar-refractivity contribution in [2.24, 2.45) is 0 Å². The fraction of sp³-hybridized carbons (Fsp3) is 0.375. The number of aromatic nitrogens is 1. The van der Waals surface area contributed by atoms with Crippen LogP contribution in [-0.2, 0) is 17.8 Å². The van der Waals surface area contributed by atoms with Crippen molar-refractivity contribution in [2.45, 2.75) is 25.8 Å². The summed E-state index contributed by atoms with van der Waals surface area (Å²) in [5.41, 5.74) is 1.50. The first-order valence-electron chi connectivity index (χ1n) is 7.67. The Bertz CT molecular complexity index is 855. The van der Waals surface area contributed by atoms with E-state index in [0.29, 0.717) is 35.1 Å². The van der Waals surface area contributed by atoms with Crippen LogP contribution in [0.5, 0.6) is 0 Å². The van der Waals surface area contributed by atoms with Crippen LogP contribution >= 0.6 is 0 Å². The molecule has 8 heteroatoms. The first-order valence-corrected chi connectivity index (χ1v) is 7.67. The molecule has 0 saturated heterocycles. The lowest BCUT2D eigenvalue weighted by Crippen LogP contribution is -2.32. The Hall–Kier alpha value is -2.90. The van der Waals surface area contributed by atoms with Crippen LogP contribution < -0.4 is 0 Å². The number of carbonyl (C=O) groups excluding carboxylic acids is 1. The zero-order valence-corrected chi connectivity index (χ0v) is 13.2. The summed E-state index contributed by atoms with van der Waals surface area (Å²) in [5, 5.41) is 20.9. The number of carbonyl (C=O) groups is 2. The molecule has 2 aromatic rings. The van der Waals surface area contributed by atoms with Gasteiger partial charge in [0.15, 0.2) is 0 Å². The highest BCUT2D eigenvalue weighted by Crippen LogP contribution is 2.32. The molecule has 0 atom stereocenters. The first-order chi connectivity index (χ1) is 11.4. The van der Waals surface area contributed by atoms with E-state index in [-0.39, 0.29) is 18.1 Å². The average molecular weight is 331 g/mol. The highest BCUT2D eigenvalue weighted by Gasteiger charge is 2.28. The molecule has 1 amide bonds. The van der Waals surface area contributed by atoms with E-state index in [4.69, 9.17) is 0 Å². The highest BCUT2D eigenvalue weighted by molar-refractivity contribution is 6.03. The third-order valence-corrected chi connectivity index (χ3v) is 4.38. The second-order valence-corrected chi connectivity index (χ2v) is 5.95. The minimum Gasteiger partial charge on any atom is -0.480 e. The number of amides is 1. The Kier molecular flexibility index (Phi) is 3.96. The molecule has 8 nitrogen and oxygen atoms in total. The van der Waals surface area contributed by atoms with E-state index in [1.165, 1.54) is 22.8 Å². The molecular weight excluding hydrogens is 314 g/mol. The maximum Gasteiger partial charge on any atom is 0.323 e. The largest absolute Gasteiger partial charge is 0.480 e. The number of hydrogen-bond donors (Lipinski definition) is 1. The van der Waals surface area contributed by atoms with Gasteiger partial charge in [0.25, 0.3) is 11.6 Å². The SMILES string of the molecule is CN1CCCCc2c(n(CC(=O)O)c3ccc([N+](=O)[O-])cc23)C1=O. The smallest absolute Gasteiger partial charge is 0.323 e. The van der Waals surface area contributed by atoms with Crippen molar-refractivity contribution in [3.05, 3.63) is 39.6 Å². The predicted octanol–water partition coefficient (Wildman–Crippen LogP) is 2.04. The minimum absolute atomic E-state index is 0.0689. The van der Waals surface area contributed by atoms with Gasteiger partial charge in [0.05, 0.1) is 4.92 Å². The van der Waals surface area contributed by atoms with Crippen molar-refractivity contribution in [1.29, 1.82) is 0 Å². The summed E-state index contributed by atoms with van der Waals surface area (Å²) < 4.78 is 1.46. The number of hydrogen-bond acceptors (Lipinski definition) is 4. The molecule has 1 aliphatic heterocycles. The molecule has 2 heterocycles. The summed E-state index contributed by atoms with van der Waals surface area (Å²) in [7, 11) is 1.68. The summed E-state index contributed by atoms with van der Waals surface area (Å²) in [4.78, 5) is 36.2. The summed E-state index contributed by atoms with van der Waals surface area (Å²) in [6.07, 6.45) is 2.26. The quantitative estimate of drug-likeness (QED) is 0.684. The monoisotopic (exact) mass is 331 g/mol. The Balaban J connectivity index is 2.33. The van der Waals surface area contributed by atoms with Gasteiger partial charge in [-0.1, -0.05) is 0 Å². The standard InChI is InChI=1S/C16H17N3O5/c1-17-7-3-2-4-11-12-8-10(19(23)24)5-6-13(12)18(9-14(20)21)15(11)16(17)22/h5-6,8H,2-4,7,9H2,1H3,(H,20,21). The van der Waals surface area contributed by atoms with E-state index in [9.17, 15) is 24.8 Å². The summed E-state index contributed by atoms with van der Waals surface area (Å²) in [5.74, 6) is -1.31. The Morgan fingerprint density at radius 3 is 2.79 bits per heavy atom. The van der Waals surface area contributed by atoms with E-state index < -0.39 is 10.9 Å². The molecule has 0 aliphatic carbocycles. The van der Waals surface area contributed by atoms with Crippen LogP contribution in [0.15, 0.2) is 18.2 Å². The van der Waals surface area contributed by atoms with Crippen LogP contribution in [0, 0.1) is 10.1 Å². The summed E-state index contributed by atoms with van der Waals surface area (Å²) in [6.45, 7) is 0.246. The number of aryl methyl sites for hydroxylation is 1. The van der Waals surface area contributed by atoms with Gasteiger partial charge in [-0.2, -0.15) is 0 Å². The molecular formula is C16H17N3O5. The van der Waals surface area contributed by atoms with Gasteiger partial charge in [-0.3, -0.25) is 19.7 Å². The lowest BCUT2D eigenvalue weighted by molar-refractivity contribution is -0.384. The highest BCUT2D eigenvalue weighted by atomic mass is 16.6. The molecule has 0 fully saturated rings. The second-order valence-electron chi connectivity index (χ2n) is 5.95. The molecule has 3 rings (SSSR count). The molecule has 0 spiro atoms. The number of benzene rings is 1.